The second-order valence-corrected chi connectivity index (χ2v) is 6.37. The molecule has 144 valence electrons. The van der Waals surface area contributed by atoms with Crippen molar-refractivity contribution in [3.63, 3.8) is 0 Å². The average Bonchev–Trinajstić information content (AvgIpc) is 3.09. The third-order valence-electron chi connectivity index (χ3n) is 4.20. The number of rotatable bonds is 6. The van der Waals surface area contributed by atoms with Crippen molar-refractivity contribution in [2.75, 3.05) is 25.6 Å². The Morgan fingerprint density at radius 2 is 2.18 bits per heavy atom. The molecule has 1 fully saturated rings. The van der Waals surface area contributed by atoms with Crippen LogP contribution in [0.15, 0.2) is 30.6 Å². The predicted octanol–water partition coefficient (Wildman–Crippen LogP) is 2.41. The zero-order valence-corrected chi connectivity index (χ0v) is 15.4. The van der Waals surface area contributed by atoms with Gasteiger partial charge >= 0.3 is 5.97 Å². The van der Waals surface area contributed by atoms with Gasteiger partial charge in [0.15, 0.2) is 22.4 Å². The lowest BCUT2D eigenvalue weighted by molar-refractivity contribution is -0.0287. The van der Waals surface area contributed by atoms with Gasteiger partial charge in [0, 0.05) is 6.07 Å². The van der Waals surface area contributed by atoms with E-state index in [-0.39, 0.29) is 22.6 Å². The van der Waals surface area contributed by atoms with Crippen LogP contribution in [0.25, 0.3) is 11.4 Å². The van der Waals surface area contributed by atoms with Gasteiger partial charge in [-0.3, -0.25) is 0 Å². The number of ether oxygens (including phenoxy) is 2. The van der Waals surface area contributed by atoms with E-state index < -0.39 is 5.97 Å². The zero-order chi connectivity index (χ0) is 19.7. The second-order valence-electron chi connectivity index (χ2n) is 5.99. The van der Waals surface area contributed by atoms with E-state index in [1.54, 1.807) is 23.1 Å². The minimum atomic E-state index is -1.23. The first-order valence-corrected chi connectivity index (χ1v) is 8.64. The van der Waals surface area contributed by atoms with Gasteiger partial charge in [-0.05, 0) is 12.1 Å². The molecule has 1 aliphatic rings. The molecule has 0 saturated carbocycles. The van der Waals surface area contributed by atoms with Gasteiger partial charge in [0.1, 0.15) is 12.4 Å². The summed E-state index contributed by atoms with van der Waals surface area (Å²) in [5.41, 5.74) is 1.09. The number of carbonyl (C=O) groups is 1. The van der Waals surface area contributed by atoms with Gasteiger partial charge in [0.2, 0.25) is 0 Å². The maximum atomic E-state index is 11.4. The molecule has 0 unspecified atom stereocenters. The number of nitrogens with one attached hydrogen (secondary N) is 1. The molecule has 3 aromatic rings. The van der Waals surface area contributed by atoms with E-state index in [0.717, 1.165) is 0 Å². The molecule has 10 nitrogen and oxygen atoms in total. The summed E-state index contributed by atoms with van der Waals surface area (Å²) in [5.74, 6) is -0.295. The summed E-state index contributed by atoms with van der Waals surface area (Å²) in [4.78, 5) is 15.8. The number of halogens is 1. The highest BCUT2D eigenvalue weighted by Gasteiger charge is 2.23. The number of benzene rings is 1. The summed E-state index contributed by atoms with van der Waals surface area (Å²) in [6.45, 7) is 1.21. The van der Waals surface area contributed by atoms with Crippen LogP contribution >= 0.6 is 11.6 Å². The van der Waals surface area contributed by atoms with Gasteiger partial charge in [0.25, 0.3) is 0 Å². The van der Waals surface area contributed by atoms with E-state index in [4.69, 9.17) is 21.1 Å². The van der Waals surface area contributed by atoms with Crippen LogP contribution in [0.4, 0.5) is 11.4 Å². The number of hydrogen-bond donors (Lipinski definition) is 2. The van der Waals surface area contributed by atoms with Crippen molar-refractivity contribution >= 4 is 28.9 Å². The SMILES string of the molecule is COc1c(Nc2cc(Cl)nnc2C(=O)O)cccc1-c1ncn(C2COC2)n1. The minimum absolute atomic E-state index is 0.0609. The summed E-state index contributed by atoms with van der Waals surface area (Å²) in [5, 5.41) is 24.1. The van der Waals surface area contributed by atoms with Gasteiger partial charge in [-0.2, -0.15) is 5.10 Å². The largest absolute Gasteiger partial charge is 0.494 e. The Morgan fingerprint density at radius 1 is 1.36 bits per heavy atom. The molecule has 0 atom stereocenters. The fraction of sp³-hybridized carbons (Fsp3) is 0.235. The van der Waals surface area contributed by atoms with Crippen LogP contribution in [0.3, 0.4) is 0 Å². The quantitative estimate of drug-likeness (QED) is 0.639. The lowest BCUT2D eigenvalue weighted by Gasteiger charge is -2.25. The van der Waals surface area contributed by atoms with E-state index in [1.807, 2.05) is 6.07 Å². The Bertz CT molecular complexity index is 1040. The van der Waals surface area contributed by atoms with Crippen LogP contribution in [0.1, 0.15) is 16.5 Å². The highest BCUT2D eigenvalue weighted by molar-refractivity contribution is 6.29. The van der Waals surface area contributed by atoms with Crippen molar-refractivity contribution in [3.05, 3.63) is 41.4 Å². The van der Waals surface area contributed by atoms with E-state index in [1.165, 1.54) is 13.2 Å². The van der Waals surface area contributed by atoms with Crippen molar-refractivity contribution in [1.82, 2.24) is 25.0 Å². The number of carboxylic acid groups (broad SMARTS) is 1. The molecule has 0 radical (unpaired) electrons. The minimum Gasteiger partial charge on any atom is -0.494 e. The molecular weight excluding hydrogens is 388 g/mol. The van der Waals surface area contributed by atoms with Crippen LogP contribution < -0.4 is 10.1 Å². The lowest BCUT2D eigenvalue weighted by atomic mass is 10.1. The van der Waals surface area contributed by atoms with Gasteiger partial charge in [0.05, 0.1) is 37.3 Å². The highest BCUT2D eigenvalue weighted by atomic mass is 35.5. The number of hydrogen-bond acceptors (Lipinski definition) is 8. The first kappa shape index (κ1) is 18.1. The third-order valence-corrected chi connectivity index (χ3v) is 4.38. The Labute approximate surface area is 164 Å². The maximum absolute atomic E-state index is 11.4. The van der Waals surface area contributed by atoms with Crippen LogP contribution in [-0.2, 0) is 4.74 Å². The Kier molecular flexibility index (Phi) is 4.80. The molecule has 0 bridgehead atoms. The maximum Gasteiger partial charge on any atom is 0.358 e. The van der Waals surface area contributed by atoms with Crippen molar-refractivity contribution in [2.24, 2.45) is 0 Å². The number of methoxy groups -OCH3 is 1. The fourth-order valence-corrected chi connectivity index (χ4v) is 2.89. The molecular formula is C17H15ClN6O4. The van der Waals surface area contributed by atoms with Gasteiger partial charge in [-0.15, -0.1) is 10.2 Å². The standard InChI is InChI=1S/C17H15ClN6O4/c1-27-15-10(16-19-8-24(23-16)9-6-28-7-9)3-2-4-11(15)20-12-5-13(18)21-22-14(12)17(25)26/h2-5,8-9H,6-7H2,1H3,(H,20,21)(H,25,26). The van der Waals surface area contributed by atoms with E-state index in [2.05, 4.69) is 25.6 Å². The van der Waals surface area contributed by atoms with Crippen molar-refractivity contribution in [1.29, 1.82) is 0 Å². The molecule has 0 amide bonds. The third kappa shape index (κ3) is 3.35. The second kappa shape index (κ2) is 7.41. The molecule has 0 spiro atoms. The highest BCUT2D eigenvalue weighted by Crippen LogP contribution is 2.37. The summed E-state index contributed by atoms with van der Waals surface area (Å²) in [6, 6.07) is 6.89. The predicted molar refractivity (Wildman–Crippen MR) is 99.2 cm³/mol. The first-order chi connectivity index (χ1) is 13.6. The molecule has 3 heterocycles. The van der Waals surface area contributed by atoms with Crippen LogP contribution in [0.5, 0.6) is 5.75 Å². The number of aromatic carboxylic acids is 1. The Balaban J connectivity index is 1.71. The summed E-state index contributed by atoms with van der Waals surface area (Å²) >= 11 is 5.87. The molecule has 0 aliphatic carbocycles. The monoisotopic (exact) mass is 402 g/mol. The Morgan fingerprint density at radius 3 is 2.86 bits per heavy atom. The number of nitrogens with zero attached hydrogens (tertiary/aromatic N) is 5. The smallest absolute Gasteiger partial charge is 0.358 e. The summed E-state index contributed by atoms with van der Waals surface area (Å²) < 4.78 is 12.5. The summed E-state index contributed by atoms with van der Waals surface area (Å²) in [7, 11) is 1.51. The van der Waals surface area contributed by atoms with E-state index in [0.29, 0.717) is 36.0 Å². The number of carboxylic acids is 1. The van der Waals surface area contributed by atoms with Crippen LogP contribution in [0, 0.1) is 0 Å². The van der Waals surface area contributed by atoms with Crippen LogP contribution in [0.2, 0.25) is 5.15 Å². The van der Waals surface area contributed by atoms with Crippen molar-refractivity contribution in [3.8, 4) is 17.1 Å². The lowest BCUT2D eigenvalue weighted by Crippen LogP contribution is -2.30. The number of para-hydroxylation sites is 1. The molecule has 2 aromatic heterocycles. The van der Waals surface area contributed by atoms with Crippen LogP contribution in [-0.4, -0.2) is 56.4 Å². The number of anilines is 2. The molecule has 1 aliphatic heterocycles. The molecule has 2 N–H and O–H groups in total. The normalized spacial score (nSPS) is 13.8. The van der Waals surface area contributed by atoms with Gasteiger partial charge < -0.3 is 19.9 Å². The molecule has 1 saturated heterocycles. The fourth-order valence-electron chi connectivity index (χ4n) is 2.75. The van der Waals surface area contributed by atoms with Crippen molar-refractivity contribution in [2.45, 2.75) is 6.04 Å². The topological polar surface area (TPSA) is 124 Å². The zero-order valence-electron chi connectivity index (χ0n) is 14.7. The molecule has 1 aromatic carbocycles. The molecule has 28 heavy (non-hydrogen) atoms. The molecule has 11 heteroatoms. The van der Waals surface area contributed by atoms with Gasteiger partial charge in [-0.1, -0.05) is 17.7 Å². The first-order valence-electron chi connectivity index (χ1n) is 8.26. The average molecular weight is 403 g/mol. The Hall–Kier alpha value is -3.24. The van der Waals surface area contributed by atoms with Crippen molar-refractivity contribution < 1.29 is 19.4 Å². The number of aromatic nitrogens is 5. The van der Waals surface area contributed by atoms with E-state index in [9.17, 15) is 9.90 Å². The van der Waals surface area contributed by atoms with E-state index >= 15 is 0 Å². The summed E-state index contributed by atoms with van der Waals surface area (Å²) in [6.07, 6.45) is 1.65. The van der Waals surface area contributed by atoms with Gasteiger partial charge in [-0.25, -0.2) is 14.5 Å². The molecule has 4 rings (SSSR count).